The Labute approximate surface area is 168 Å². The topological polar surface area (TPSA) is 92.5 Å². The number of carbonyl (C=O) groups is 1. The van der Waals surface area contributed by atoms with E-state index in [-0.39, 0.29) is 30.3 Å². The summed E-state index contributed by atoms with van der Waals surface area (Å²) in [6.45, 7) is 1.64. The first-order valence-electron chi connectivity index (χ1n) is 9.55. The van der Waals surface area contributed by atoms with E-state index in [0.29, 0.717) is 30.4 Å². The van der Waals surface area contributed by atoms with Crippen LogP contribution < -0.4 is 11.1 Å². The fourth-order valence-corrected chi connectivity index (χ4v) is 5.44. The minimum absolute atomic E-state index is 0. The van der Waals surface area contributed by atoms with Crippen LogP contribution in [-0.2, 0) is 14.8 Å². The fraction of sp³-hybridized carbons (Fsp3) is 0.632. The molecule has 8 heteroatoms. The number of rotatable bonds is 5. The molecule has 3 rings (SSSR count). The molecule has 3 N–H and O–H groups in total. The number of amides is 1. The summed E-state index contributed by atoms with van der Waals surface area (Å²) >= 11 is 0. The monoisotopic (exact) mass is 415 g/mol. The van der Waals surface area contributed by atoms with Crippen LogP contribution in [0.4, 0.5) is 0 Å². The Kier molecular flexibility index (Phi) is 8.09. The predicted molar refractivity (Wildman–Crippen MR) is 108 cm³/mol. The predicted octanol–water partition coefficient (Wildman–Crippen LogP) is 2.14. The quantitative estimate of drug-likeness (QED) is 0.770. The number of carbonyl (C=O) groups excluding carboxylic acids is 1. The first-order chi connectivity index (χ1) is 12.5. The van der Waals surface area contributed by atoms with Gasteiger partial charge in [-0.05, 0) is 50.2 Å². The van der Waals surface area contributed by atoms with E-state index < -0.39 is 10.0 Å². The molecule has 0 aromatic heterocycles. The van der Waals surface area contributed by atoms with Gasteiger partial charge in [-0.25, -0.2) is 8.42 Å². The molecule has 0 spiro atoms. The standard InChI is InChI=1S/C19H29N3O3S.ClH/c20-17-6-4-5-16(13-17)19(23)21-14-15-9-11-22(12-10-15)26(24,25)18-7-2-1-3-8-18;/h1-3,7-8,15-17H,4-6,9-14,20H2,(H,21,23);1H. The average Bonchev–Trinajstić information content (AvgIpc) is 2.67. The maximum atomic E-state index is 12.6. The molecule has 1 saturated carbocycles. The molecular weight excluding hydrogens is 386 g/mol. The molecule has 1 heterocycles. The van der Waals surface area contributed by atoms with Crippen LogP contribution in [0.3, 0.4) is 0 Å². The molecule has 2 atom stereocenters. The molecule has 1 saturated heterocycles. The Balaban J connectivity index is 0.00000261. The van der Waals surface area contributed by atoms with Crippen molar-refractivity contribution in [1.29, 1.82) is 0 Å². The lowest BCUT2D eigenvalue weighted by molar-refractivity contribution is -0.126. The second kappa shape index (κ2) is 9.87. The van der Waals surface area contributed by atoms with Gasteiger partial charge in [0.05, 0.1) is 4.90 Å². The molecule has 0 radical (unpaired) electrons. The van der Waals surface area contributed by atoms with E-state index >= 15 is 0 Å². The van der Waals surface area contributed by atoms with Crippen LogP contribution in [-0.4, -0.2) is 44.3 Å². The number of benzene rings is 1. The van der Waals surface area contributed by atoms with E-state index in [1.165, 1.54) is 0 Å². The van der Waals surface area contributed by atoms with Gasteiger partial charge in [0.1, 0.15) is 0 Å². The van der Waals surface area contributed by atoms with Gasteiger partial charge in [0.25, 0.3) is 0 Å². The third-order valence-corrected chi connectivity index (χ3v) is 7.52. The van der Waals surface area contributed by atoms with Gasteiger partial charge in [-0.3, -0.25) is 4.79 Å². The fourth-order valence-electron chi connectivity index (χ4n) is 3.95. The number of nitrogens with zero attached hydrogens (tertiary/aromatic N) is 1. The average molecular weight is 416 g/mol. The maximum Gasteiger partial charge on any atom is 0.243 e. The maximum absolute atomic E-state index is 12.6. The summed E-state index contributed by atoms with van der Waals surface area (Å²) in [6, 6.07) is 8.71. The SMILES string of the molecule is Cl.NC1CCCC(C(=O)NCC2CCN(S(=O)(=O)c3ccccc3)CC2)C1. The van der Waals surface area contributed by atoms with Gasteiger partial charge in [-0.1, -0.05) is 24.6 Å². The third kappa shape index (κ3) is 5.67. The molecule has 6 nitrogen and oxygen atoms in total. The molecule has 2 aliphatic rings. The molecule has 1 aromatic rings. The van der Waals surface area contributed by atoms with Crippen molar-refractivity contribution in [2.45, 2.75) is 49.5 Å². The number of halogens is 1. The number of sulfonamides is 1. The van der Waals surface area contributed by atoms with Crippen molar-refractivity contribution in [3.05, 3.63) is 30.3 Å². The van der Waals surface area contributed by atoms with E-state index in [2.05, 4.69) is 5.32 Å². The summed E-state index contributed by atoms with van der Waals surface area (Å²) < 4.78 is 26.8. The molecule has 1 amide bonds. The Morgan fingerprint density at radius 1 is 1.11 bits per heavy atom. The van der Waals surface area contributed by atoms with Crippen LogP contribution in [0.1, 0.15) is 38.5 Å². The molecule has 27 heavy (non-hydrogen) atoms. The molecule has 152 valence electrons. The summed E-state index contributed by atoms with van der Waals surface area (Å²) in [6.07, 6.45) is 5.28. The third-order valence-electron chi connectivity index (χ3n) is 5.61. The number of piperidine rings is 1. The van der Waals surface area contributed by atoms with E-state index in [4.69, 9.17) is 5.73 Å². The van der Waals surface area contributed by atoms with Crippen LogP contribution in [0.5, 0.6) is 0 Å². The van der Waals surface area contributed by atoms with Crippen molar-refractivity contribution in [3.63, 3.8) is 0 Å². The van der Waals surface area contributed by atoms with Gasteiger partial charge in [0, 0.05) is 31.6 Å². The van der Waals surface area contributed by atoms with E-state index in [9.17, 15) is 13.2 Å². The van der Waals surface area contributed by atoms with E-state index in [0.717, 1.165) is 38.5 Å². The molecule has 0 bridgehead atoms. The molecule has 2 unspecified atom stereocenters. The molecule has 2 fully saturated rings. The zero-order valence-electron chi connectivity index (χ0n) is 15.5. The summed E-state index contributed by atoms with van der Waals surface area (Å²) in [7, 11) is -3.41. The van der Waals surface area contributed by atoms with Crippen LogP contribution in [0, 0.1) is 11.8 Å². The van der Waals surface area contributed by atoms with Gasteiger partial charge in [-0.2, -0.15) is 4.31 Å². The van der Waals surface area contributed by atoms with Gasteiger partial charge >= 0.3 is 0 Å². The smallest absolute Gasteiger partial charge is 0.243 e. The highest BCUT2D eigenvalue weighted by atomic mass is 35.5. The van der Waals surface area contributed by atoms with Crippen molar-refractivity contribution < 1.29 is 13.2 Å². The molecule has 1 aliphatic carbocycles. The normalized spacial score (nSPS) is 24.8. The summed E-state index contributed by atoms with van der Waals surface area (Å²) in [5.74, 6) is 0.482. The second-order valence-electron chi connectivity index (χ2n) is 7.53. The number of nitrogens with one attached hydrogen (secondary N) is 1. The van der Waals surface area contributed by atoms with Crippen LogP contribution >= 0.6 is 12.4 Å². The summed E-state index contributed by atoms with van der Waals surface area (Å²) in [5.41, 5.74) is 5.96. The lowest BCUT2D eigenvalue weighted by Crippen LogP contribution is -2.43. The van der Waals surface area contributed by atoms with Crippen molar-refractivity contribution in [2.75, 3.05) is 19.6 Å². The summed E-state index contributed by atoms with van der Waals surface area (Å²) in [5, 5.41) is 3.07. The minimum atomic E-state index is -3.41. The van der Waals surface area contributed by atoms with Crippen LogP contribution in [0.15, 0.2) is 35.2 Å². The zero-order chi connectivity index (χ0) is 18.6. The summed E-state index contributed by atoms with van der Waals surface area (Å²) in [4.78, 5) is 12.7. The van der Waals surface area contributed by atoms with E-state index in [1.54, 1.807) is 28.6 Å². The van der Waals surface area contributed by atoms with Crippen molar-refractivity contribution in [2.24, 2.45) is 17.6 Å². The van der Waals surface area contributed by atoms with Gasteiger partial charge < -0.3 is 11.1 Å². The highest BCUT2D eigenvalue weighted by molar-refractivity contribution is 7.89. The zero-order valence-corrected chi connectivity index (χ0v) is 17.2. The Morgan fingerprint density at radius 2 is 1.78 bits per heavy atom. The first-order valence-corrected chi connectivity index (χ1v) is 11.0. The largest absolute Gasteiger partial charge is 0.356 e. The number of hydrogen-bond acceptors (Lipinski definition) is 4. The van der Waals surface area contributed by atoms with Gasteiger partial charge in [0.2, 0.25) is 15.9 Å². The first kappa shape index (κ1) is 22.1. The molecular formula is C19H30ClN3O3S. The van der Waals surface area contributed by atoms with Gasteiger partial charge in [0.15, 0.2) is 0 Å². The lowest BCUT2D eigenvalue weighted by atomic mass is 9.85. The lowest BCUT2D eigenvalue weighted by Gasteiger charge is -2.32. The Morgan fingerprint density at radius 3 is 2.41 bits per heavy atom. The van der Waals surface area contributed by atoms with Crippen molar-refractivity contribution >= 4 is 28.3 Å². The minimum Gasteiger partial charge on any atom is -0.356 e. The van der Waals surface area contributed by atoms with E-state index in [1.807, 2.05) is 6.07 Å². The number of hydrogen-bond donors (Lipinski definition) is 2. The number of nitrogens with two attached hydrogens (primary N) is 1. The second-order valence-corrected chi connectivity index (χ2v) is 9.47. The van der Waals surface area contributed by atoms with Gasteiger partial charge in [-0.15, -0.1) is 12.4 Å². The Bertz CT molecular complexity index is 706. The van der Waals surface area contributed by atoms with Crippen molar-refractivity contribution in [3.8, 4) is 0 Å². The van der Waals surface area contributed by atoms with Crippen LogP contribution in [0.25, 0.3) is 0 Å². The Hall–Kier alpha value is -1.15. The molecule has 1 aromatic carbocycles. The van der Waals surface area contributed by atoms with Crippen LogP contribution in [0.2, 0.25) is 0 Å². The molecule has 1 aliphatic heterocycles. The van der Waals surface area contributed by atoms with Crippen molar-refractivity contribution in [1.82, 2.24) is 9.62 Å². The highest BCUT2D eigenvalue weighted by Gasteiger charge is 2.30. The highest BCUT2D eigenvalue weighted by Crippen LogP contribution is 2.25.